The first kappa shape index (κ1) is 12.6. The van der Waals surface area contributed by atoms with Crippen LogP contribution in [0.15, 0.2) is 18.2 Å². The lowest BCUT2D eigenvalue weighted by Crippen LogP contribution is -2.34. The molecular weight excluding hydrogens is 202 g/mol. The molecule has 0 saturated carbocycles. The van der Waals surface area contributed by atoms with Crippen molar-refractivity contribution in [3.05, 3.63) is 29.3 Å². The molecule has 0 aliphatic heterocycles. The van der Waals surface area contributed by atoms with Crippen LogP contribution in [0.5, 0.6) is 0 Å². The first-order valence-corrected chi connectivity index (χ1v) is 5.48. The normalized spacial score (nSPS) is 12.6. The highest BCUT2D eigenvalue weighted by atomic mass is 16.4. The van der Waals surface area contributed by atoms with Gasteiger partial charge in [0.2, 0.25) is 0 Å². The molecule has 3 nitrogen and oxygen atoms in total. The van der Waals surface area contributed by atoms with Crippen LogP contribution in [0.4, 0.5) is 5.69 Å². The van der Waals surface area contributed by atoms with Gasteiger partial charge in [0.15, 0.2) is 0 Å². The lowest BCUT2D eigenvalue weighted by atomic mass is 10.0. The van der Waals surface area contributed by atoms with Crippen LogP contribution >= 0.6 is 0 Å². The molecule has 16 heavy (non-hydrogen) atoms. The predicted molar refractivity (Wildman–Crippen MR) is 65.8 cm³/mol. The summed E-state index contributed by atoms with van der Waals surface area (Å²) >= 11 is 0. The maximum Gasteiger partial charge on any atom is 0.326 e. The first-order valence-electron chi connectivity index (χ1n) is 5.48. The highest BCUT2D eigenvalue weighted by Crippen LogP contribution is 2.17. The highest BCUT2D eigenvalue weighted by molar-refractivity contribution is 5.77. The summed E-state index contributed by atoms with van der Waals surface area (Å²) in [5.74, 6) is -0.757. The summed E-state index contributed by atoms with van der Waals surface area (Å²) in [5, 5.41) is 12.1. The highest BCUT2D eigenvalue weighted by Gasteiger charge is 2.20. The number of hydrogen-bond donors (Lipinski definition) is 2. The third-order valence-electron chi connectivity index (χ3n) is 2.76. The second kappa shape index (κ2) is 5.01. The van der Waals surface area contributed by atoms with Crippen LogP contribution in [0.25, 0.3) is 0 Å². The fraction of sp³-hybridized carbons (Fsp3) is 0.462. The van der Waals surface area contributed by atoms with Gasteiger partial charge in [0.25, 0.3) is 0 Å². The first-order chi connectivity index (χ1) is 7.41. The second-order valence-corrected chi connectivity index (χ2v) is 4.50. The van der Waals surface area contributed by atoms with E-state index in [1.165, 1.54) is 5.56 Å². The number of aryl methyl sites for hydroxylation is 2. The molecule has 3 heteroatoms. The molecule has 0 aromatic heterocycles. The van der Waals surface area contributed by atoms with Gasteiger partial charge in [0, 0.05) is 5.69 Å². The maximum atomic E-state index is 11.0. The Kier molecular flexibility index (Phi) is 3.93. The maximum absolute atomic E-state index is 11.0. The molecule has 0 bridgehead atoms. The van der Waals surface area contributed by atoms with Crippen LogP contribution in [0.2, 0.25) is 0 Å². The number of benzene rings is 1. The number of carbonyl (C=O) groups is 1. The molecule has 0 heterocycles. The lowest BCUT2D eigenvalue weighted by molar-refractivity contribution is -0.138. The average molecular weight is 221 g/mol. The minimum absolute atomic E-state index is 0.0547. The van der Waals surface area contributed by atoms with E-state index in [1.54, 1.807) is 0 Å². The number of rotatable bonds is 4. The Hall–Kier alpha value is -1.51. The SMILES string of the molecule is Cc1ccc(N[C@H](C(=O)O)C(C)C)cc1C. The predicted octanol–water partition coefficient (Wildman–Crippen LogP) is 2.82. The number of aliphatic carboxylic acids is 1. The van der Waals surface area contributed by atoms with Crippen LogP contribution < -0.4 is 5.32 Å². The van der Waals surface area contributed by atoms with Gasteiger partial charge in [0.05, 0.1) is 0 Å². The molecule has 0 spiro atoms. The molecule has 0 unspecified atom stereocenters. The molecule has 88 valence electrons. The van der Waals surface area contributed by atoms with Gasteiger partial charge in [-0.15, -0.1) is 0 Å². The topological polar surface area (TPSA) is 49.3 Å². The Morgan fingerprint density at radius 3 is 2.31 bits per heavy atom. The molecule has 0 amide bonds. The number of anilines is 1. The summed E-state index contributed by atoms with van der Waals surface area (Å²) < 4.78 is 0. The molecule has 1 atom stereocenters. The average Bonchev–Trinajstić information content (AvgIpc) is 2.18. The van der Waals surface area contributed by atoms with Crippen molar-refractivity contribution < 1.29 is 9.90 Å². The van der Waals surface area contributed by atoms with E-state index in [1.807, 2.05) is 45.9 Å². The van der Waals surface area contributed by atoms with E-state index >= 15 is 0 Å². The fourth-order valence-corrected chi connectivity index (χ4v) is 1.52. The van der Waals surface area contributed by atoms with Crippen molar-refractivity contribution in [2.24, 2.45) is 5.92 Å². The van der Waals surface area contributed by atoms with E-state index in [2.05, 4.69) is 5.32 Å². The van der Waals surface area contributed by atoms with Crippen molar-refractivity contribution in [3.8, 4) is 0 Å². The molecule has 2 N–H and O–H groups in total. The Bertz CT molecular complexity index is 386. The summed E-state index contributed by atoms with van der Waals surface area (Å²) in [6, 6.07) is 5.35. The minimum atomic E-state index is -0.812. The number of carboxylic acids is 1. The smallest absolute Gasteiger partial charge is 0.326 e. The van der Waals surface area contributed by atoms with Gasteiger partial charge in [-0.05, 0) is 43.0 Å². The van der Waals surface area contributed by atoms with Crippen LogP contribution in [0.3, 0.4) is 0 Å². The second-order valence-electron chi connectivity index (χ2n) is 4.50. The van der Waals surface area contributed by atoms with E-state index in [4.69, 9.17) is 5.11 Å². The van der Waals surface area contributed by atoms with Gasteiger partial charge in [-0.25, -0.2) is 4.79 Å². The van der Waals surface area contributed by atoms with Crippen molar-refractivity contribution in [3.63, 3.8) is 0 Å². The van der Waals surface area contributed by atoms with Crippen molar-refractivity contribution in [1.29, 1.82) is 0 Å². The Balaban J connectivity index is 2.86. The number of carboxylic acid groups (broad SMARTS) is 1. The molecule has 0 aliphatic rings. The molecule has 0 radical (unpaired) electrons. The Labute approximate surface area is 96.5 Å². The van der Waals surface area contributed by atoms with Crippen LogP contribution in [-0.4, -0.2) is 17.1 Å². The molecule has 1 rings (SSSR count). The van der Waals surface area contributed by atoms with E-state index in [-0.39, 0.29) is 5.92 Å². The summed E-state index contributed by atoms with van der Waals surface area (Å²) in [4.78, 5) is 11.0. The summed E-state index contributed by atoms with van der Waals surface area (Å²) in [5.41, 5.74) is 3.24. The standard InChI is InChI=1S/C13H19NO2/c1-8(2)12(13(15)16)14-11-6-5-9(3)10(4)7-11/h5-8,12,14H,1-4H3,(H,15,16)/t12-/m0/s1. The van der Waals surface area contributed by atoms with Gasteiger partial charge < -0.3 is 10.4 Å². The zero-order valence-corrected chi connectivity index (χ0v) is 10.2. The minimum Gasteiger partial charge on any atom is -0.480 e. The summed E-state index contributed by atoms with van der Waals surface area (Å²) in [6.07, 6.45) is 0. The van der Waals surface area contributed by atoms with Gasteiger partial charge in [-0.2, -0.15) is 0 Å². The third kappa shape index (κ3) is 2.99. The zero-order valence-electron chi connectivity index (χ0n) is 10.2. The molecule has 1 aromatic carbocycles. The lowest BCUT2D eigenvalue weighted by Gasteiger charge is -2.19. The van der Waals surface area contributed by atoms with Crippen LogP contribution in [-0.2, 0) is 4.79 Å². The molecule has 0 aliphatic carbocycles. The quantitative estimate of drug-likeness (QED) is 0.822. The van der Waals surface area contributed by atoms with Crippen LogP contribution in [0, 0.1) is 19.8 Å². The van der Waals surface area contributed by atoms with E-state index in [9.17, 15) is 4.79 Å². The van der Waals surface area contributed by atoms with E-state index in [0.717, 1.165) is 11.3 Å². The van der Waals surface area contributed by atoms with Crippen molar-refractivity contribution >= 4 is 11.7 Å². The summed E-state index contributed by atoms with van der Waals surface area (Å²) in [7, 11) is 0. The monoisotopic (exact) mass is 221 g/mol. The fourth-order valence-electron chi connectivity index (χ4n) is 1.52. The Morgan fingerprint density at radius 2 is 1.88 bits per heavy atom. The molecule has 1 aromatic rings. The van der Waals surface area contributed by atoms with Crippen molar-refractivity contribution in [2.75, 3.05) is 5.32 Å². The Morgan fingerprint density at radius 1 is 1.25 bits per heavy atom. The third-order valence-corrected chi connectivity index (χ3v) is 2.76. The number of nitrogens with one attached hydrogen (secondary N) is 1. The largest absolute Gasteiger partial charge is 0.480 e. The van der Waals surface area contributed by atoms with Gasteiger partial charge in [-0.1, -0.05) is 19.9 Å². The molecular formula is C13H19NO2. The zero-order chi connectivity index (χ0) is 12.3. The van der Waals surface area contributed by atoms with E-state index in [0.29, 0.717) is 0 Å². The van der Waals surface area contributed by atoms with Gasteiger partial charge >= 0.3 is 5.97 Å². The van der Waals surface area contributed by atoms with Crippen LogP contribution in [0.1, 0.15) is 25.0 Å². The van der Waals surface area contributed by atoms with Gasteiger partial charge in [-0.3, -0.25) is 0 Å². The van der Waals surface area contributed by atoms with Gasteiger partial charge in [0.1, 0.15) is 6.04 Å². The molecule has 0 fully saturated rings. The van der Waals surface area contributed by atoms with Crippen molar-refractivity contribution in [2.45, 2.75) is 33.7 Å². The van der Waals surface area contributed by atoms with Crippen molar-refractivity contribution in [1.82, 2.24) is 0 Å². The molecule has 0 saturated heterocycles. The van der Waals surface area contributed by atoms with E-state index < -0.39 is 12.0 Å². The number of hydrogen-bond acceptors (Lipinski definition) is 2. The summed E-state index contributed by atoms with van der Waals surface area (Å²) in [6.45, 7) is 7.85.